The average molecular weight is 529 g/mol. The van der Waals surface area contributed by atoms with E-state index in [0.717, 1.165) is 24.7 Å². The Morgan fingerprint density at radius 3 is 1.74 bits per heavy atom. The Morgan fingerprint density at radius 2 is 1.29 bits per heavy atom. The molecule has 4 aliphatic rings. The van der Waals surface area contributed by atoms with E-state index < -0.39 is 5.41 Å². The predicted octanol–water partition coefficient (Wildman–Crippen LogP) is 7.13. The van der Waals surface area contributed by atoms with E-state index in [1.54, 1.807) is 13.8 Å². The Hall–Kier alpha value is -2.37. The Morgan fingerprint density at radius 1 is 0.816 bits per heavy atom. The van der Waals surface area contributed by atoms with Crippen LogP contribution in [0.3, 0.4) is 0 Å². The van der Waals surface area contributed by atoms with E-state index in [9.17, 15) is 14.4 Å². The van der Waals surface area contributed by atoms with Crippen molar-refractivity contribution in [3.63, 3.8) is 0 Å². The zero-order valence-corrected chi connectivity index (χ0v) is 24.5. The van der Waals surface area contributed by atoms with E-state index in [1.165, 1.54) is 56.4 Å². The summed E-state index contributed by atoms with van der Waals surface area (Å²) < 4.78 is 11.3. The highest BCUT2D eigenvalue weighted by Crippen LogP contribution is 2.61. The van der Waals surface area contributed by atoms with E-state index in [-0.39, 0.29) is 41.1 Å². The maximum atomic E-state index is 12.6. The topological polar surface area (TPSA) is 89.9 Å². The maximum Gasteiger partial charge on any atom is 0.312 e. The van der Waals surface area contributed by atoms with Crippen LogP contribution in [0.5, 0.6) is 5.75 Å². The standard InChI is InChI=1S/C18H30O2.C14H18O4/c1-5-17(3,4)16(19)20-18(6-2)14-8-12-7-13(10-14)11-15(18)9-12;1-4-14(2,3)13(17)18-9-12(16)10-5-7-11(15)8-6-10/h12-15H,5-11H2,1-4H3;5-8,15H,4,9H2,1-3H3. The summed E-state index contributed by atoms with van der Waals surface area (Å²) in [6, 6.07) is 5.84. The van der Waals surface area contributed by atoms with E-state index in [1.807, 2.05) is 20.8 Å². The lowest BCUT2D eigenvalue weighted by atomic mass is 9.49. The van der Waals surface area contributed by atoms with Crippen LogP contribution in [0, 0.1) is 34.5 Å². The molecule has 0 aromatic heterocycles. The van der Waals surface area contributed by atoms with Crippen LogP contribution in [-0.4, -0.2) is 35.0 Å². The molecule has 6 nitrogen and oxygen atoms in total. The second-order valence-corrected chi connectivity index (χ2v) is 13.0. The predicted molar refractivity (Wildman–Crippen MR) is 148 cm³/mol. The van der Waals surface area contributed by atoms with Crippen LogP contribution in [0.1, 0.15) is 110 Å². The van der Waals surface area contributed by atoms with Crippen LogP contribution in [0.15, 0.2) is 24.3 Å². The van der Waals surface area contributed by atoms with Gasteiger partial charge < -0.3 is 14.6 Å². The summed E-state index contributed by atoms with van der Waals surface area (Å²) in [5.41, 5.74) is -0.627. The summed E-state index contributed by atoms with van der Waals surface area (Å²) in [6.45, 7) is 13.5. The van der Waals surface area contributed by atoms with E-state index >= 15 is 0 Å². The number of phenolic OH excluding ortho intramolecular Hbond substituents is 1. The first-order chi connectivity index (χ1) is 17.8. The number of hydrogen-bond acceptors (Lipinski definition) is 6. The normalized spacial score (nSPS) is 27.8. The molecule has 0 heterocycles. The second kappa shape index (κ2) is 11.8. The van der Waals surface area contributed by atoms with Crippen molar-refractivity contribution in [3.8, 4) is 5.75 Å². The number of carbonyl (C=O) groups excluding carboxylic acids is 3. The lowest BCUT2D eigenvalue weighted by Gasteiger charge is -2.60. The molecule has 4 aliphatic carbocycles. The summed E-state index contributed by atoms with van der Waals surface area (Å²) in [5, 5.41) is 9.10. The molecule has 1 N–H and O–H groups in total. The summed E-state index contributed by atoms with van der Waals surface area (Å²) in [5.74, 6) is 2.60. The van der Waals surface area contributed by atoms with E-state index in [2.05, 4.69) is 13.8 Å². The molecule has 0 saturated heterocycles. The van der Waals surface area contributed by atoms with Crippen LogP contribution in [0.25, 0.3) is 0 Å². The van der Waals surface area contributed by atoms with Gasteiger partial charge in [0.2, 0.25) is 0 Å². The van der Waals surface area contributed by atoms with Crippen LogP contribution >= 0.6 is 0 Å². The maximum absolute atomic E-state index is 12.6. The van der Waals surface area contributed by atoms with Gasteiger partial charge in [0.1, 0.15) is 11.4 Å². The van der Waals surface area contributed by atoms with Gasteiger partial charge in [-0.05, 0) is 127 Å². The van der Waals surface area contributed by atoms with Crippen molar-refractivity contribution in [1.82, 2.24) is 0 Å². The van der Waals surface area contributed by atoms with Crippen molar-refractivity contribution < 1.29 is 29.0 Å². The molecule has 1 aromatic rings. The number of ether oxygens (including phenoxy) is 2. The van der Waals surface area contributed by atoms with Crippen LogP contribution in [0.4, 0.5) is 0 Å². The fourth-order valence-corrected chi connectivity index (χ4v) is 6.45. The lowest BCUT2D eigenvalue weighted by molar-refractivity contribution is -0.218. The van der Waals surface area contributed by atoms with Crippen molar-refractivity contribution in [1.29, 1.82) is 0 Å². The highest BCUT2D eigenvalue weighted by molar-refractivity contribution is 5.98. The summed E-state index contributed by atoms with van der Waals surface area (Å²) in [4.78, 5) is 36.0. The van der Waals surface area contributed by atoms with E-state index in [4.69, 9.17) is 14.6 Å². The molecule has 5 rings (SSSR count). The van der Waals surface area contributed by atoms with Gasteiger partial charge in [-0.15, -0.1) is 0 Å². The molecule has 0 radical (unpaired) electrons. The highest BCUT2D eigenvalue weighted by Gasteiger charge is 2.59. The van der Waals surface area contributed by atoms with Gasteiger partial charge >= 0.3 is 11.9 Å². The number of hydrogen-bond donors (Lipinski definition) is 1. The zero-order valence-electron chi connectivity index (χ0n) is 24.5. The Labute approximate surface area is 228 Å². The third-order valence-electron chi connectivity index (χ3n) is 9.75. The SMILES string of the molecule is CCC(C)(C)C(=O)OC1(CC)C2CC3CC(C2)CC1C3.CCC(C)(C)C(=O)OCC(=O)c1ccc(O)cc1. The van der Waals surface area contributed by atoms with Gasteiger partial charge in [-0.1, -0.05) is 20.8 Å². The summed E-state index contributed by atoms with van der Waals surface area (Å²) in [6.07, 6.45) is 9.18. The summed E-state index contributed by atoms with van der Waals surface area (Å²) >= 11 is 0. The first kappa shape index (κ1) is 30.2. The molecule has 38 heavy (non-hydrogen) atoms. The average Bonchev–Trinajstić information content (AvgIpc) is 2.89. The van der Waals surface area contributed by atoms with Gasteiger partial charge in [-0.25, -0.2) is 0 Å². The van der Waals surface area contributed by atoms with Crippen LogP contribution in [-0.2, 0) is 19.1 Å². The molecule has 4 fully saturated rings. The smallest absolute Gasteiger partial charge is 0.312 e. The van der Waals surface area contributed by atoms with Crippen LogP contribution in [0.2, 0.25) is 0 Å². The van der Waals surface area contributed by atoms with Gasteiger partial charge in [0, 0.05) is 5.56 Å². The van der Waals surface area contributed by atoms with Crippen molar-refractivity contribution in [3.05, 3.63) is 29.8 Å². The van der Waals surface area contributed by atoms with Gasteiger partial charge in [0.15, 0.2) is 12.4 Å². The monoisotopic (exact) mass is 528 g/mol. The Balaban J connectivity index is 0.000000212. The molecule has 0 amide bonds. The van der Waals surface area contributed by atoms with Crippen molar-refractivity contribution in [2.24, 2.45) is 34.5 Å². The van der Waals surface area contributed by atoms with E-state index in [0.29, 0.717) is 23.8 Å². The molecule has 0 unspecified atom stereocenters. The number of rotatable bonds is 9. The Kier molecular flexibility index (Phi) is 9.36. The molecule has 6 heteroatoms. The lowest BCUT2D eigenvalue weighted by Crippen LogP contribution is -2.60. The molecule has 212 valence electrons. The molecule has 0 spiro atoms. The molecule has 0 aliphatic heterocycles. The molecule has 1 aromatic carbocycles. The number of aromatic hydroxyl groups is 1. The van der Waals surface area contributed by atoms with Gasteiger partial charge in [0.05, 0.1) is 10.8 Å². The van der Waals surface area contributed by atoms with Gasteiger partial charge in [-0.2, -0.15) is 0 Å². The highest BCUT2D eigenvalue weighted by atomic mass is 16.6. The molecular formula is C32H48O6. The van der Waals surface area contributed by atoms with Crippen molar-refractivity contribution in [2.75, 3.05) is 6.61 Å². The molecule has 4 bridgehead atoms. The van der Waals surface area contributed by atoms with Crippen molar-refractivity contribution >= 4 is 17.7 Å². The number of carbonyl (C=O) groups is 3. The third-order valence-corrected chi connectivity index (χ3v) is 9.75. The fourth-order valence-electron chi connectivity index (χ4n) is 6.45. The van der Waals surface area contributed by atoms with Crippen LogP contribution < -0.4 is 0 Å². The number of benzene rings is 1. The number of phenols is 1. The third kappa shape index (κ3) is 6.43. The molecular weight excluding hydrogens is 480 g/mol. The number of esters is 2. The fraction of sp³-hybridized carbons (Fsp3) is 0.719. The first-order valence-corrected chi connectivity index (χ1v) is 14.5. The second-order valence-electron chi connectivity index (χ2n) is 13.0. The Bertz CT molecular complexity index is 962. The minimum absolute atomic E-state index is 0.0364. The van der Waals surface area contributed by atoms with Crippen molar-refractivity contribution in [2.45, 2.75) is 105 Å². The zero-order chi connectivity index (χ0) is 28.3. The quantitative estimate of drug-likeness (QED) is 0.271. The van der Waals surface area contributed by atoms with Gasteiger partial charge in [0.25, 0.3) is 0 Å². The minimum Gasteiger partial charge on any atom is -0.508 e. The molecule has 4 saturated carbocycles. The largest absolute Gasteiger partial charge is 0.508 e. The number of Topliss-reactive ketones (excluding diaryl/α,β-unsaturated/α-hetero) is 1. The first-order valence-electron chi connectivity index (χ1n) is 14.5. The summed E-state index contributed by atoms with van der Waals surface area (Å²) in [7, 11) is 0. The van der Waals surface area contributed by atoms with Gasteiger partial charge in [-0.3, -0.25) is 14.4 Å². The molecule has 0 atom stereocenters. The minimum atomic E-state index is -0.574. The number of ketones is 1.